The van der Waals surface area contributed by atoms with E-state index < -0.39 is 0 Å². The van der Waals surface area contributed by atoms with Gasteiger partial charge in [-0.25, -0.2) is 0 Å². The summed E-state index contributed by atoms with van der Waals surface area (Å²) in [5.41, 5.74) is 3.35. The number of benzene rings is 1. The lowest BCUT2D eigenvalue weighted by Crippen LogP contribution is -2.38. The van der Waals surface area contributed by atoms with E-state index in [1.807, 2.05) is 38.1 Å². The van der Waals surface area contributed by atoms with Crippen molar-refractivity contribution in [1.82, 2.24) is 15.8 Å². The van der Waals surface area contributed by atoms with E-state index in [-0.39, 0.29) is 0 Å². The van der Waals surface area contributed by atoms with Gasteiger partial charge in [0.15, 0.2) is 5.96 Å². The van der Waals surface area contributed by atoms with Crippen LogP contribution in [0.25, 0.3) is 0 Å². The van der Waals surface area contributed by atoms with Crippen molar-refractivity contribution in [3.05, 3.63) is 51.9 Å². The molecule has 0 aliphatic heterocycles. The summed E-state index contributed by atoms with van der Waals surface area (Å²) < 4.78 is 5.18. The molecule has 24 heavy (non-hydrogen) atoms. The Hall–Kier alpha value is -2.01. The van der Waals surface area contributed by atoms with Crippen molar-refractivity contribution >= 4 is 17.6 Å². The highest BCUT2D eigenvalue weighted by atomic mass is 35.5. The minimum absolute atomic E-state index is 0.694. The zero-order chi connectivity index (χ0) is 17.4. The van der Waals surface area contributed by atoms with Crippen molar-refractivity contribution < 1.29 is 4.52 Å². The second kappa shape index (κ2) is 9.33. The Kier molecular flexibility index (Phi) is 7.12. The fraction of sp³-hybridized carbons (Fsp3) is 0.444. The summed E-state index contributed by atoms with van der Waals surface area (Å²) in [4.78, 5) is 4.62. The van der Waals surface area contributed by atoms with E-state index in [1.54, 1.807) is 0 Å². The highest BCUT2D eigenvalue weighted by Gasteiger charge is 2.08. The molecule has 130 valence electrons. The van der Waals surface area contributed by atoms with Gasteiger partial charge in [-0.15, -0.1) is 0 Å². The molecular formula is C18H25ClN4O. The summed E-state index contributed by atoms with van der Waals surface area (Å²) in [7, 11) is 0. The molecule has 1 heterocycles. The van der Waals surface area contributed by atoms with E-state index in [1.165, 1.54) is 5.56 Å². The zero-order valence-corrected chi connectivity index (χ0v) is 15.3. The van der Waals surface area contributed by atoms with Gasteiger partial charge in [0.1, 0.15) is 5.76 Å². The number of aromatic nitrogens is 1. The molecule has 0 saturated carbocycles. The van der Waals surface area contributed by atoms with Crippen LogP contribution < -0.4 is 10.6 Å². The highest BCUT2D eigenvalue weighted by molar-refractivity contribution is 6.30. The van der Waals surface area contributed by atoms with Crippen LogP contribution in [0.2, 0.25) is 5.02 Å². The number of guanidine groups is 1. The van der Waals surface area contributed by atoms with Crippen LogP contribution >= 0.6 is 11.6 Å². The molecule has 0 radical (unpaired) electrons. The van der Waals surface area contributed by atoms with E-state index in [0.717, 1.165) is 53.9 Å². The van der Waals surface area contributed by atoms with Crippen molar-refractivity contribution in [2.24, 2.45) is 4.99 Å². The van der Waals surface area contributed by atoms with Gasteiger partial charge in [-0.2, -0.15) is 0 Å². The Morgan fingerprint density at radius 3 is 2.54 bits per heavy atom. The highest BCUT2D eigenvalue weighted by Crippen LogP contribution is 2.12. The van der Waals surface area contributed by atoms with Crippen molar-refractivity contribution in [1.29, 1.82) is 0 Å². The lowest BCUT2D eigenvalue weighted by atomic mass is 10.1. The molecule has 2 rings (SSSR count). The lowest BCUT2D eigenvalue weighted by Gasteiger charge is -2.11. The standard InChI is InChI=1S/C18H25ClN4O/c1-4-20-18(21-11-9-15-5-7-16(19)8-6-15)22-12-10-17-13(2)23-24-14(17)3/h5-8H,4,9-12H2,1-3H3,(H2,20,21,22). The summed E-state index contributed by atoms with van der Waals surface area (Å²) in [6.45, 7) is 8.31. The largest absolute Gasteiger partial charge is 0.361 e. The number of hydrogen-bond donors (Lipinski definition) is 2. The molecule has 0 fully saturated rings. The maximum absolute atomic E-state index is 5.90. The van der Waals surface area contributed by atoms with E-state index in [9.17, 15) is 0 Å². The molecule has 0 aliphatic rings. The number of hydrogen-bond acceptors (Lipinski definition) is 3. The first-order valence-corrected chi connectivity index (χ1v) is 8.66. The lowest BCUT2D eigenvalue weighted by molar-refractivity contribution is 0.392. The second-order valence-electron chi connectivity index (χ2n) is 5.62. The van der Waals surface area contributed by atoms with Gasteiger partial charge in [-0.3, -0.25) is 4.99 Å². The summed E-state index contributed by atoms with van der Waals surface area (Å²) in [5, 5.41) is 11.4. The van der Waals surface area contributed by atoms with Crippen LogP contribution in [-0.4, -0.2) is 30.8 Å². The number of nitrogens with one attached hydrogen (secondary N) is 2. The number of rotatable bonds is 7. The topological polar surface area (TPSA) is 62.5 Å². The van der Waals surface area contributed by atoms with Gasteiger partial charge < -0.3 is 15.2 Å². The second-order valence-corrected chi connectivity index (χ2v) is 6.05. The first kappa shape index (κ1) is 18.3. The van der Waals surface area contributed by atoms with Crippen LogP contribution in [0.3, 0.4) is 0 Å². The molecule has 2 N–H and O–H groups in total. The summed E-state index contributed by atoms with van der Waals surface area (Å²) in [5.74, 6) is 1.71. The SMILES string of the molecule is CCNC(=NCCc1c(C)noc1C)NCCc1ccc(Cl)cc1. The van der Waals surface area contributed by atoms with Crippen LogP contribution in [0.4, 0.5) is 0 Å². The number of aliphatic imine (C=N–C) groups is 1. The van der Waals surface area contributed by atoms with E-state index in [4.69, 9.17) is 16.1 Å². The molecular weight excluding hydrogens is 324 g/mol. The van der Waals surface area contributed by atoms with Gasteiger partial charge >= 0.3 is 0 Å². The van der Waals surface area contributed by atoms with Crippen molar-refractivity contribution in [3.8, 4) is 0 Å². The van der Waals surface area contributed by atoms with Gasteiger partial charge in [-0.05, 0) is 51.3 Å². The van der Waals surface area contributed by atoms with E-state index in [2.05, 4.69) is 27.7 Å². The average molecular weight is 349 g/mol. The fourth-order valence-corrected chi connectivity index (χ4v) is 2.58. The Balaban J connectivity index is 1.83. The summed E-state index contributed by atoms with van der Waals surface area (Å²) in [6, 6.07) is 7.93. The third kappa shape index (κ3) is 5.57. The predicted octanol–water partition coefficient (Wildman–Crippen LogP) is 3.29. The molecule has 0 unspecified atom stereocenters. The molecule has 0 atom stereocenters. The summed E-state index contributed by atoms with van der Waals surface area (Å²) in [6.07, 6.45) is 1.75. The van der Waals surface area contributed by atoms with Crippen LogP contribution in [0.1, 0.15) is 29.5 Å². The Bertz CT molecular complexity index is 645. The minimum atomic E-state index is 0.694. The van der Waals surface area contributed by atoms with Crippen molar-refractivity contribution in [3.63, 3.8) is 0 Å². The molecule has 2 aromatic rings. The van der Waals surface area contributed by atoms with Crippen molar-refractivity contribution in [2.75, 3.05) is 19.6 Å². The van der Waals surface area contributed by atoms with Crippen LogP contribution in [0.5, 0.6) is 0 Å². The van der Waals surface area contributed by atoms with Gasteiger partial charge in [0.2, 0.25) is 0 Å². The molecule has 0 saturated heterocycles. The van der Waals surface area contributed by atoms with Crippen molar-refractivity contribution in [2.45, 2.75) is 33.6 Å². The molecule has 0 spiro atoms. The Morgan fingerprint density at radius 2 is 1.92 bits per heavy atom. The van der Waals surface area contributed by atoms with E-state index >= 15 is 0 Å². The molecule has 0 bridgehead atoms. The molecule has 1 aromatic heterocycles. The number of nitrogens with zero attached hydrogens (tertiary/aromatic N) is 2. The minimum Gasteiger partial charge on any atom is -0.361 e. The van der Waals surface area contributed by atoms with Gasteiger partial charge in [-0.1, -0.05) is 28.9 Å². The van der Waals surface area contributed by atoms with Gasteiger partial charge in [0.05, 0.1) is 5.69 Å². The monoisotopic (exact) mass is 348 g/mol. The third-order valence-corrected chi connectivity index (χ3v) is 4.03. The van der Waals surface area contributed by atoms with Crippen LogP contribution in [0, 0.1) is 13.8 Å². The Labute approximate surface area is 148 Å². The quantitative estimate of drug-likeness (QED) is 0.595. The number of halogens is 1. The first-order valence-electron chi connectivity index (χ1n) is 8.28. The number of aryl methyl sites for hydroxylation is 2. The first-order chi connectivity index (χ1) is 11.6. The fourth-order valence-electron chi connectivity index (χ4n) is 2.46. The predicted molar refractivity (Wildman–Crippen MR) is 98.8 cm³/mol. The average Bonchev–Trinajstić information content (AvgIpc) is 2.88. The zero-order valence-electron chi connectivity index (χ0n) is 14.5. The van der Waals surface area contributed by atoms with Crippen LogP contribution in [0.15, 0.2) is 33.8 Å². The maximum atomic E-state index is 5.90. The smallest absolute Gasteiger partial charge is 0.191 e. The van der Waals surface area contributed by atoms with Crippen LogP contribution in [-0.2, 0) is 12.8 Å². The third-order valence-electron chi connectivity index (χ3n) is 3.78. The molecule has 5 nitrogen and oxygen atoms in total. The molecule has 6 heteroatoms. The van der Waals surface area contributed by atoms with E-state index in [0.29, 0.717) is 6.54 Å². The molecule has 1 aromatic carbocycles. The van der Waals surface area contributed by atoms with Gasteiger partial charge in [0.25, 0.3) is 0 Å². The maximum Gasteiger partial charge on any atom is 0.191 e. The normalized spacial score (nSPS) is 11.6. The van der Waals surface area contributed by atoms with Gasteiger partial charge in [0, 0.05) is 30.2 Å². The molecule has 0 amide bonds. The Morgan fingerprint density at radius 1 is 1.17 bits per heavy atom. The summed E-state index contributed by atoms with van der Waals surface area (Å²) >= 11 is 5.90. The molecule has 0 aliphatic carbocycles.